The number of nitrogens with zero attached hydrogens (tertiary/aromatic N) is 7. The number of aliphatic hydroxyl groups is 10. The number of benzene rings is 2. The zero-order valence-corrected chi connectivity index (χ0v) is 57.7. The number of carbonyl (C=O) groups is 8. The highest BCUT2D eigenvalue weighted by Gasteiger charge is 2.35. The lowest BCUT2D eigenvalue weighted by Crippen LogP contribution is -2.55. The molecule has 1 aromatic heterocycles. The SMILES string of the molecule is CCN1CCN(CC)CCN(CC(=O)N[C@@H](CCC(=O)NC[C@H](O)[C@@H](O)[C@@H](O)[C@H](O)CO)C(=O)N[C@@H](CCC(=O)NC[C@@H](O)[C@H](O)[C@H](O)[C@@H](O)CO)C(=O)NCCCCCCN2Cc3cc(C(=O)N(C)Cc4nc5ccccc5[nH]4)ccc3NC(CC(=O)OC)C2=O)CCN(CC)CC1. The van der Waals surface area contributed by atoms with Crippen molar-refractivity contribution in [1.82, 2.24) is 66.0 Å². The van der Waals surface area contributed by atoms with Crippen LogP contribution in [-0.2, 0) is 51.4 Å². The van der Waals surface area contributed by atoms with Crippen LogP contribution in [0, 0.1) is 0 Å². The topological polar surface area (TPSA) is 468 Å². The number of fused-ring (bicyclic) bond motifs is 2. The molecule has 2 aliphatic heterocycles. The number of imidazole rings is 1. The molecular formula is C66H108N14O19. The highest BCUT2D eigenvalue weighted by molar-refractivity contribution is 5.96. The number of hydrogen-bond donors (Lipinski definition) is 17. The van der Waals surface area contributed by atoms with E-state index in [-0.39, 0.29) is 63.8 Å². The molecule has 3 aromatic rings. The van der Waals surface area contributed by atoms with Gasteiger partial charge in [0.25, 0.3) is 5.91 Å². The van der Waals surface area contributed by atoms with E-state index < -0.39 is 142 Å². The number of aromatic nitrogens is 2. The predicted molar refractivity (Wildman–Crippen MR) is 363 cm³/mol. The number of aliphatic hydroxyl groups excluding tert-OH is 10. The number of hydrogen-bond acceptors (Lipinski definition) is 25. The van der Waals surface area contributed by atoms with Crippen molar-refractivity contribution >= 4 is 64.0 Å². The second-order valence-corrected chi connectivity index (χ2v) is 25.2. The number of anilines is 1. The van der Waals surface area contributed by atoms with Gasteiger partial charge in [-0.15, -0.1) is 0 Å². The van der Waals surface area contributed by atoms with Gasteiger partial charge in [-0.1, -0.05) is 45.7 Å². The molecule has 17 N–H and O–H groups in total. The van der Waals surface area contributed by atoms with Gasteiger partial charge in [0.2, 0.25) is 35.4 Å². The van der Waals surface area contributed by atoms with E-state index in [1.807, 2.05) is 29.2 Å². The molecule has 2 aliphatic rings. The molecular weight excluding hydrogens is 1290 g/mol. The number of amides is 7. The predicted octanol–water partition coefficient (Wildman–Crippen LogP) is -4.89. The second-order valence-electron chi connectivity index (χ2n) is 25.2. The van der Waals surface area contributed by atoms with Crippen LogP contribution < -0.4 is 31.9 Å². The van der Waals surface area contributed by atoms with Crippen LogP contribution >= 0.6 is 0 Å². The van der Waals surface area contributed by atoms with Gasteiger partial charge in [0.1, 0.15) is 60.6 Å². The minimum Gasteiger partial charge on any atom is -0.469 e. The Balaban J connectivity index is 1.29. The van der Waals surface area contributed by atoms with Crippen molar-refractivity contribution in [3.63, 3.8) is 0 Å². The first-order valence-corrected chi connectivity index (χ1v) is 34.2. The molecule has 0 spiro atoms. The van der Waals surface area contributed by atoms with E-state index in [9.17, 15) is 89.4 Å². The van der Waals surface area contributed by atoms with E-state index in [0.717, 1.165) is 56.8 Å². The third kappa shape index (κ3) is 27.1. The van der Waals surface area contributed by atoms with Gasteiger partial charge in [-0.3, -0.25) is 43.3 Å². The fourth-order valence-electron chi connectivity index (χ4n) is 11.5. The summed E-state index contributed by atoms with van der Waals surface area (Å²) in [6.07, 6.45) is -15.2. The van der Waals surface area contributed by atoms with Crippen LogP contribution in [0.4, 0.5) is 5.69 Å². The summed E-state index contributed by atoms with van der Waals surface area (Å²) in [6, 6.07) is 8.62. The first-order valence-electron chi connectivity index (χ1n) is 34.2. The van der Waals surface area contributed by atoms with Crippen LogP contribution in [0.2, 0.25) is 0 Å². The minimum absolute atomic E-state index is 0.0563. The minimum atomic E-state index is -2.00. The number of rotatable bonds is 39. The number of nitrogens with one attached hydrogen (secondary N) is 7. The zero-order valence-electron chi connectivity index (χ0n) is 57.7. The average Bonchev–Trinajstić information content (AvgIpc) is 1.69. The highest BCUT2D eigenvalue weighted by atomic mass is 16.5. The Morgan fingerprint density at radius 2 is 1.15 bits per heavy atom. The van der Waals surface area contributed by atoms with E-state index >= 15 is 0 Å². The van der Waals surface area contributed by atoms with E-state index in [4.69, 9.17) is 4.74 Å². The maximum absolute atomic E-state index is 14.6. The molecule has 1 saturated heterocycles. The Morgan fingerprint density at radius 3 is 1.68 bits per heavy atom. The van der Waals surface area contributed by atoms with Gasteiger partial charge in [-0.2, -0.15) is 0 Å². The summed E-state index contributed by atoms with van der Waals surface area (Å²) < 4.78 is 4.92. The number of likely N-dealkylation sites (N-methyl/N-ethyl adjacent to an activating group) is 3. The normalized spacial score (nSPS) is 18.6. The Labute approximate surface area is 577 Å². The standard InChI is InChI=1S/C66H108N14O19/c1-6-76-25-27-77(7-2)29-31-79(32-30-78(8-3)28-26-76)39-57(89)73-48(20-22-56(88)69-36-51(84)60(92)62(94)53(86)41-82)64(96)74-47(19-21-55(87)68-35-50(83)59(91)61(93)52(85)40-81)63(95)67-23-13-9-10-14-24-80-37-43-33-42(17-18-44(43)70-49(66(80)98)34-58(90)99-5)65(97)75(4)38-54-71-45-15-11-12-16-46(45)72-54/h11-12,15-18,33,47-53,59-62,70,81-86,91-94H,6-10,13-14,19-32,34-41H2,1-5H3,(H,67,95)(H,68,87)(H,69,88)(H,71,72)(H,73,89)(H,74,96)/t47-,48-,49?,50+,51-,52-,53+,59-,60+,61+,62-/m0/s1. The van der Waals surface area contributed by atoms with Crippen LogP contribution in [-0.4, -0.2) is 337 Å². The fraction of sp³-hybridized carbons (Fsp3) is 0.682. The Bertz CT molecular complexity index is 2970. The largest absolute Gasteiger partial charge is 0.469 e. The van der Waals surface area contributed by atoms with E-state index in [0.29, 0.717) is 74.5 Å². The number of para-hydroxylation sites is 2. The molecule has 5 rings (SSSR count). The third-order valence-electron chi connectivity index (χ3n) is 18.0. The van der Waals surface area contributed by atoms with Crippen LogP contribution in [0.25, 0.3) is 11.0 Å². The summed E-state index contributed by atoms with van der Waals surface area (Å²) >= 11 is 0. The molecule has 7 amide bonds. The average molecular weight is 1400 g/mol. The van der Waals surface area contributed by atoms with Gasteiger partial charge in [-0.25, -0.2) is 4.98 Å². The van der Waals surface area contributed by atoms with Crippen molar-refractivity contribution in [2.75, 3.05) is 137 Å². The first-order chi connectivity index (χ1) is 47.3. The third-order valence-corrected chi connectivity index (χ3v) is 18.0. The summed E-state index contributed by atoms with van der Waals surface area (Å²) in [5.41, 5.74) is 3.18. The second kappa shape index (κ2) is 42.9. The molecule has 0 aliphatic carbocycles. The van der Waals surface area contributed by atoms with Crippen LogP contribution in [0.5, 0.6) is 0 Å². The van der Waals surface area contributed by atoms with Gasteiger partial charge >= 0.3 is 5.97 Å². The van der Waals surface area contributed by atoms with Crippen molar-refractivity contribution in [3.8, 4) is 0 Å². The molecule has 2 aromatic carbocycles. The van der Waals surface area contributed by atoms with Crippen molar-refractivity contribution in [2.45, 2.75) is 159 Å². The smallest absolute Gasteiger partial charge is 0.308 e. The van der Waals surface area contributed by atoms with Gasteiger partial charge in [0.05, 0.1) is 63.1 Å². The monoisotopic (exact) mass is 1400 g/mol. The molecule has 1 unspecified atom stereocenters. The Kier molecular flexibility index (Phi) is 35.8. The number of ether oxygens (including phenoxy) is 1. The molecule has 33 heteroatoms. The first kappa shape index (κ1) is 82.6. The van der Waals surface area contributed by atoms with Gasteiger partial charge in [0.15, 0.2) is 0 Å². The summed E-state index contributed by atoms with van der Waals surface area (Å²) in [5.74, 6) is -4.51. The van der Waals surface area contributed by atoms with Crippen molar-refractivity contribution < 1.29 is 94.2 Å². The van der Waals surface area contributed by atoms with Crippen molar-refractivity contribution in [1.29, 1.82) is 0 Å². The Morgan fingerprint density at radius 1 is 0.636 bits per heavy atom. The van der Waals surface area contributed by atoms with Gasteiger partial charge in [0, 0.05) is 116 Å². The number of H-pyrrole nitrogens is 1. The zero-order chi connectivity index (χ0) is 72.7. The van der Waals surface area contributed by atoms with E-state index in [1.54, 1.807) is 30.1 Å². The molecule has 3 heterocycles. The summed E-state index contributed by atoms with van der Waals surface area (Å²) in [6.45, 7) is 11.6. The van der Waals surface area contributed by atoms with Crippen LogP contribution in [0.3, 0.4) is 0 Å². The Hall–Kier alpha value is -7.09. The number of aromatic amines is 1. The molecule has 556 valence electrons. The van der Waals surface area contributed by atoms with Gasteiger partial charge in [-0.05, 0) is 81.2 Å². The molecule has 33 nitrogen and oxygen atoms in total. The highest BCUT2D eigenvalue weighted by Crippen LogP contribution is 2.27. The number of methoxy groups -OCH3 is 1. The maximum atomic E-state index is 14.6. The summed E-state index contributed by atoms with van der Waals surface area (Å²) in [7, 11) is 2.89. The molecule has 0 radical (unpaired) electrons. The molecule has 1 fully saturated rings. The molecule has 99 heavy (non-hydrogen) atoms. The number of esters is 1. The lowest BCUT2D eigenvalue weighted by Gasteiger charge is -2.33. The maximum Gasteiger partial charge on any atom is 0.308 e. The van der Waals surface area contributed by atoms with E-state index in [1.165, 1.54) is 12.0 Å². The van der Waals surface area contributed by atoms with E-state index in [2.05, 4.69) is 77.3 Å². The quantitative estimate of drug-likeness (QED) is 0.0188. The lowest BCUT2D eigenvalue weighted by molar-refractivity contribution is -0.144. The van der Waals surface area contributed by atoms with Crippen LogP contribution in [0.1, 0.15) is 100 Å². The summed E-state index contributed by atoms with van der Waals surface area (Å²) in [4.78, 5) is 130. The van der Waals surface area contributed by atoms with Crippen molar-refractivity contribution in [3.05, 3.63) is 59.4 Å². The fourth-order valence-corrected chi connectivity index (χ4v) is 11.5. The molecule has 0 bridgehead atoms. The number of unbranched alkanes of at least 4 members (excludes halogenated alkanes) is 3. The summed E-state index contributed by atoms with van der Waals surface area (Å²) in [5, 5.41) is 116. The van der Waals surface area contributed by atoms with Crippen molar-refractivity contribution in [2.24, 2.45) is 0 Å². The lowest BCUT2D eigenvalue weighted by atomic mass is 10.0. The van der Waals surface area contributed by atoms with Crippen LogP contribution in [0.15, 0.2) is 42.5 Å². The number of carbonyl (C=O) groups excluding carboxylic acids is 8. The van der Waals surface area contributed by atoms with Gasteiger partial charge < -0.3 is 117 Å². The molecule has 11 atom stereocenters. The molecule has 0 saturated carbocycles.